The van der Waals surface area contributed by atoms with Crippen molar-refractivity contribution in [3.8, 4) is 0 Å². The van der Waals surface area contributed by atoms with Crippen LogP contribution in [0.15, 0.2) is 6.33 Å². The molecule has 104 valence electrons. The second kappa shape index (κ2) is 5.40. The molecule has 1 aliphatic heterocycles. The quantitative estimate of drug-likeness (QED) is 0.732. The number of hydrogen-bond donors (Lipinski definition) is 2. The van der Waals surface area contributed by atoms with Gasteiger partial charge in [-0.2, -0.15) is 0 Å². The number of hydrogen-bond acceptors (Lipinski definition) is 4. The van der Waals surface area contributed by atoms with E-state index >= 15 is 0 Å². The van der Waals surface area contributed by atoms with Crippen molar-refractivity contribution in [2.24, 2.45) is 0 Å². The normalized spacial score (nSPS) is 17.7. The SMILES string of the molecule is CN(C)C(=O)CN(C)C(=O)C1Cc2nc[nH]c2CN1. The molecule has 0 saturated heterocycles. The summed E-state index contributed by atoms with van der Waals surface area (Å²) in [7, 11) is 5.00. The lowest BCUT2D eigenvalue weighted by Gasteiger charge is -2.27. The lowest BCUT2D eigenvalue weighted by molar-refractivity contribution is -0.139. The maximum Gasteiger partial charge on any atom is 0.241 e. The molecule has 0 bridgehead atoms. The molecule has 1 aliphatic rings. The van der Waals surface area contributed by atoms with Crippen molar-refractivity contribution < 1.29 is 9.59 Å². The van der Waals surface area contributed by atoms with Gasteiger partial charge in [-0.05, 0) is 0 Å². The highest BCUT2D eigenvalue weighted by molar-refractivity contribution is 5.87. The summed E-state index contributed by atoms with van der Waals surface area (Å²) in [5.41, 5.74) is 1.94. The van der Waals surface area contributed by atoms with Gasteiger partial charge in [-0.1, -0.05) is 0 Å². The highest BCUT2D eigenvalue weighted by Gasteiger charge is 2.28. The van der Waals surface area contributed by atoms with Gasteiger partial charge < -0.3 is 14.8 Å². The van der Waals surface area contributed by atoms with E-state index in [9.17, 15) is 9.59 Å². The van der Waals surface area contributed by atoms with Crippen LogP contribution in [0.2, 0.25) is 0 Å². The molecule has 2 heterocycles. The average molecular weight is 265 g/mol. The van der Waals surface area contributed by atoms with Crippen molar-refractivity contribution in [1.82, 2.24) is 25.1 Å². The van der Waals surface area contributed by atoms with Crippen molar-refractivity contribution in [2.75, 3.05) is 27.7 Å². The Bertz CT molecular complexity index is 482. The third-order valence-corrected chi connectivity index (χ3v) is 3.28. The predicted octanol–water partition coefficient (Wildman–Crippen LogP) is -1.03. The van der Waals surface area contributed by atoms with Gasteiger partial charge in [0.1, 0.15) is 0 Å². The number of nitrogens with zero attached hydrogens (tertiary/aromatic N) is 3. The molecule has 7 heteroatoms. The average Bonchev–Trinajstić information content (AvgIpc) is 2.84. The van der Waals surface area contributed by atoms with Gasteiger partial charge >= 0.3 is 0 Å². The van der Waals surface area contributed by atoms with Gasteiger partial charge in [0.05, 0.1) is 30.3 Å². The number of nitrogens with one attached hydrogen (secondary N) is 2. The maximum absolute atomic E-state index is 12.2. The van der Waals surface area contributed by atoms with Crippen LogP contribution < -0.4 is 5.32 Å². The summed E-state index contributed by atoms with van der Waals surface area (Å²) in [6.45, 7) is 0.693. The van der Waals surface area contributed by atoms with Crippen LogP contribution >= 0.6 is 0 Å². The molecule has 1 unspecified atom stereocenters. The Balaban J connectivity index is 1.95. The van der Waals surface area contributed by atoms with Crippen molar-refractivity contribution in [1.29, 1.82) is 0 Å². The molecule has 19 heavy (non-hydrogen) atoms. The fourth-order valence-electron chi connectivity index (χ4n) is 2.03. The first kappa shape index (κ1) is 13.5. The Kier molecular flexibility index (Phi) is 3.84. The van der Waals surface area contributed by atoms with Gasteiger partial charge in [0.25, 0.3) is 0 Å². The van der Waals surface area contributed by atoms with E-state index in [1.807, 2.05) is 0 Å². The second-order valence-corrected chi connectivity index (χ2v) is 4.95. The predicted molar refractivity (Wildman–Crippen MR) is 69.3 cm³/mol. The number of fused-ring (bicyclic) bond motifs is 1. The van der Waals surface area contributed by atoms with Crippen molar-refractivity contribution in [3.05, 3.63) is 17.7 Å². The number of aromatic nitrogens is 2. The smallest absolute Gasteiger partial charge is 0.241 e. The molecule has 1 atom stereocenters. The topological polar surface area (TPSA) is 81.3 Å². The first-order valence-electron chi connectivity index (χ1n) is 6.18. The minimum atomic E-state index is -0.309. The zero-order chi connectivity index (χ0) is 14.0. The highest BCUT2D eigenvalue weighted by atomic mass is 16.2. The number of amides is 2. The summed E-state index contributed by atoms with van der Waals surface area (Å²) in [4.78, 5) is 34.0. The van der Waals surface area contributed by atoms with Crippen LogP contribution in [-0.4, -0.2) is 65.3 Å². The Labute approximate surface area is 112 Å². The van der Waals surface area contributed by atoms with E-state index in [1.165, 1.54) is 9.80 Å². The summed E-state index contributed by atoms with van der Waals surface area (Å²) in [5, 5.41) is 3.16. The summed E-state index contributed by atoms with van der Waals surface area (Å²) < 4.78 is 0. The molecule has 2 N–H and O–H groups in total. The molecule has 2 amide bonds. The molecule has 0 radical (unpaired) electrons. The molecular weight excluding hydrogens is 246 g/mol. The number of imidazole rings is 1. The highest BCUT2D eigenvalue weighted by Crippen LogP contribution is 2.13. The molecular formula is C12H19N5O2. The fraction of sp³-hybridized carbons (Fsp3) is 0.583. The zero-order valence-electron chi connectivity index (χ0n) is 11.4. The van der Waals surface area contributed by atoms with Crippen LogP contribution in [0.4, 0.5) is 0 Å². The largest absolute Gasteiger partial charge is 0.347 e. The van der Waals surface area contributed by atoms with Gasteiger partial charge in [0.2, 0.25) is 11.8 Å². The van der Waals surface area contributed by atoms with E-state index in [0.717, 1.165) is 11.4 Å². The van der Waals surface area contributed by atoms with Crippen molar-refractivity contribution in [2.45, 2.75) is 19.0 Å². The number of aromatic amines is 1. The van der Waals surface area contributed by atoms with Crippen LogP contribution in [0, 0.1) is 0 Å². The first-order chi connectivity index (χ1) is 8.99. The molecule has 0 fully saturated rings. The van der Waals surface area contributed by atoms with Gasteiger partial charge in [-0.3, -0.25) is 14.9 Å². The second-order valence-electron chi connectivity index (χ2n) is 4.95. The summed E-state index contributed by atoms with van der Waals surface area (Å²) in [6, 6.07) is -0.309. The minimum Gasteiger partial charge on any atom is -0.347 e. The Morgan fingerprint density at radius 1 is 1.42 bits per heavy atom. The third-order valence-electron chi connectivity index (χ3n) is 3.28. The van der Waals surface area contributed by atoms with E-state index in [2.05, 4.69) is 15.3 Å². The van der Waals surface area contributed by atoms with Gasteiger partial charge in [-0.15, -0.1) is 0 Å². The van der Waals surface area contributed by atoms with Gasteiger partial charge in [0.15, 0.2) is 0 Å². The standard InChI is InChI=1S/C12H19N5O2/c1-16(2)11(18)6-17(3)12(19)9-4-8-10(5-13-9)15-7-14-8/h7,9,13H,4-6H2,1-3H3,(H,14,15). The van der Waals surface area contributed by atoms with E-state index in [1.54, 1.807) is 27.5 Å². The van der Waals surface area contributed by atoms with Crippen LogP contribution in [0.5, 0.6) is 0 Å². The molecule has 1 aromatic heterocycles. The third kappa shape index (κ3) is 2.93. The van der Waals surface area contributed by atoms with Crippen LogP contribution in [0.1, 0.15) is 11.4 Å². The fourth-order valence-corrected chi connectivity index (χ4v) is 2.03. The number of carbonyl (C=O) groups is 2. The molecule has 2 rings (SSSR count). The number of H-pyrrole nitrogens is 1. The lowest BCUT2D eigenvalue weighted by atomic mass is 10.0. The Morgan fingerprint density at radius 2 is 2.16 bits per heavy atom. The Hall–Kier alpha value is -1.89. The van der Waals surface area contributed by atoms with E-state index in [4.69, 9.17) is 0 Å². The van der Waals surface area contributed by atoms with E-state index < -0.39 is 0 Å². The minimum absolute atomic E-state index is 0.0798. The van der Waals surface area contributed by atoms with Crippen molar-refractivity contribution >= 4 is 11.8 Å². The van der Waals surface area contributed by atoms with Crippen LogP contribution in [0.3, 0.4) is 0 Å². The summed E-state index contributed by atoms with van der Waals surface area (Å²) in [5.74, 6) is -0.170. The Morgan fingerprint density at radius 3 is 2.84 bits per heavy atom. The van der Waals surface area contributed by atoms with Crippen LogP contribution in [-0.2, 0) is 22.6 Å². The lowest BCUT2D eigenvalue weighted by Crippen LogP contribution is -2.50. The van der Waals surface area contributed by atoms with Gasteiger partial charge in [0, 0.05) is 34.1 Å². The summed E-state index contributed by atoms with van der Waals surface area (Å²) >= 11 is 0. The van der Waals surface area contributed by atoms with E-state index in [0.29, 0.717) is 13.0 Å². The van der Waals surface area contributed by atoms with Gasteiger partial charge in [-0.25, -0.2) is 4.98 Å². The first-order valence-corrected chi connectivity index (χ1v) is 6.18. The number of rotatable bonds is 3. The maximum atomic E-state index is 12.2. The monoisotopic (exact) mass is 265 g/mol. The zero-order valence-corrected chi connectivity index (χ0v) is 11.4. The molecule has 1 aromatic rings. The molecule has 7 nitrogen and oxygen atoms in total. The number of likely N-dealkylation sites (N-methyl/N-ethyl adjacent to an activating group) is 2. The molecule has 0 aromatic carbocycles. The van der Waals surface area contributed by atoms with E-state index in [-0.39, 0.29) is 24.4 Å². The van der Waals surface area contributed by atoms with Crippen LogP contribution in [0.25, 0.3) is 0 Å². The van der Waals surface area contributed by atoms with Crippen molar-refractivity contribution in [3.63, 3.8) is 0 Å². The number of carbonyl (C=O) groups excluding carboxylic acids is 2. The molecule has 0 aliphatic carbocycles. The molecule has 0 spiro atoms. The summed E-state index contributed by atoms with van der Waals surface area (Å²) in [6.07, 6.45) is 2.19. The molecule has 0 saturated carbocycles.